The van der Waals surface area contributed by atoms with E-state index in [4.69, 9.17) is 0 Å². The van der Waals surface area contributed by atoms with Gasteiger partial charge in [-0.05, 0) is 73.6 Å². The first-order chi connectivity index (χ1) is 17.6. The first-order valence-electron chi connectivity index (χ1n) is 14.5. The molecule has 0 aromatic carbocycles. The van der Waals surface area contributed by atoms with Crippen molar-refractivity contribution in [2.45, 2.75) is 110 Å². The SMILES string of the molecule is CC1(C)Cc2[nH]c(=O)ccc2[C@@H](NCCCCCCCCCN[C@H]2CC(C)(C)Cc3[nH]c(=O)ccc32)C1. The minimum atomic E-state index is 0.00631. The van der Waals surface area contributed by atoms with Crippen molar-refractivity contribution < 1.29 is 0 Å². The Balaban J connectivity index is 1.08. The van der Waals surface area contributed by atoms with Crippen LogP contribution in [0.2, 0.25) is 0 Å². The largest absolute Gasteiger partial charge is 0.326 e. The monoisotopic (exact) mass is 508 g/mol. The minimum Gasteiger partial charge on any atom is -0.326 e. The van der Waals surface area contributed by atoms with Crippen LogP contribution in [-0.2, 0) is 12.8 Å². The van der Waals surface area contributed by atoms with Crippen molar-refractivity contribution in [2.24, 2.45) is 10.8 Å². The fraction of sp³-hybridized carbons (Fsp3) is 0.677. The molecule has 0 aliphatic heterocycles. The third kappa shape index (κ3) is 7.90. The molecule has 2 atom stereocenters. The standard InChI is InChI=1S/C31H48N4O2/c1-30(2)18-24(22-12-14-28(36)34-26(22)20-30)32-16-10-8-6-5-7-9-11-17-33-25-19-31(3,4)21-27-23(25)13-15-29(37)35-27/h12-15,24-25,32-33H,5-11,16-21H2,1-4H3,(H,34,36)(H,35,37)/t24-,25-/m0/s1. The molecule has 0 amide bonds. The Morgan fingerprint density at radius 2 is 1.03 bits per heavy atom. The number of hydrogen-bond acceptors (Lipinski definition) is 4. The molecule has 2 aromatic rings. The number of hydrogen-bond donors (Lipinski definition) is 4. The number of H-pyrrole nitrogens is 2. The fourth-order valence-electron chi connectivity index (χ4n) is 6.48. The maximum absolute atomic E-state index is 11.8. The fourth-order valence-corrected chi connectivity index (χ4v) is 6.48. The van der Waals surface area contributed by atoms with Gasteiger partial charge in [0.25, 0.3) is 0 Å². The third-order valence-corrected chi connectivity index (χ3v) is 8.28. The summed E-state index contributed by atoms with van der Waals surface area (Å²) in [6.07, 6.45) is 13.0. The van der Waals surface area contributed by atoms with E-state index in [-0.39, 0.29) is 21.9 Å². The lowest BCUT2D eigenvalue weighted by Gasteiger charge is -2.37. The van der Waals surface area contributed by atoms with Crippen molar-refractivity contribution in [3.05, 3.63) is 67.5 Å². The van der Waals surface area contributed by atoms with Crippen molar-refractivity contribution >= 4 is 0 Å². The second kappa shape index (κ2) is 12.1. The van der Waals surface area contributed by atoms with E-state index in [9.17, 15) is 9.59 Å². The summed E-state index contributed by atoms with van der Waals surface area (Å²) in [6, 6.07) is 8.04. The number of aromatic amines is 2. The maximum atomic E-state index is 11.8. The molecule has 0 unspecified atom stereocenters. The number of aromatic nitrogens is 2. The smallest absolute Gasteiger partial charge is 0.248 e. The molecular weight excluding hydrogens is 460 g/mol. The predicted octanol–water partition coefficient (Wildman–Crippen LogP) is 5.70. The molecule has 2 heterocycles. The van der Waals surface area contributed by atoms with Crippen LogP contribution in [0.25, 0.3) is 0 Å². The molecule has 2 aliphatic rings. The second-order valence-electron chi connectivity index (χ2n) is 13.1. The Morgan fingerprint density at radius 3 is 1.43 bits per heavy atom. The Hall–Kier alpha value is -2.18. The van der Waals surface area contributed by atoms with Crippen molar-refractivity contribution in [3.63, 3.8) is 0 Å². The van der Waals surface area contributed by atoms with Gasteiger partial charge in [0, 0.05) is 35.6 Å². The second-order valence-corrected chi connectivity index (χ2v) is 13.1. The number of unbranched alkanes of at least 4 members (excludes halogenated alkanes) is 6. The zero-order valence-electron chi connectivity index (χ0n) is 23.5. The van der Waals surface area contributed by atoms with Crippen LogP contribution in [-0.4, -0.2) is 23.1 Å². The first kappa shape index (κ1) is 27.8. The summed E-state index contributed by atoms with van der Waals surface area (Å²) in [4.78, 5) is 29.7. The van der Waals surface area contributed by atoms with Crippen molar-refractivity contribution in [1.29, 1.82) is 0 Å². The van der Waals surface area contributed by atoms with Crippen LogP contribution in [0.5, 0.6) is 0 Å². The van der Waals surface area contributed by atoms with E-state index in [0.717, 1.165) is 50.2 Å². The summed E-state index contributed by atoms with van der Waals surface area (Å²) in [5.41, 5.74) is 5.21. The number of nitrogens with one attached hydrogen (secondary N) is 4. The van der Waals surface area contributed by atoms with Gasteiger partial charge < -0.3 is 20.6 Å². The molecule has 0 saturated carbocycles. The van der Waals surface area contributed by atoms with Gasteiger partial charge in [-0.25, -0.2) is 0 Å². The lowest BCUT2D eigenvalue weighted by molar-refractivity contribution is 0.253. The lowest BCUT2D eigenvalue weighted by atomic mass is 9.74. The van der Waals surface area contributed by atoms with Crippen molar-refractivity contribution in [2.75, 3.05) is 13.1 Å². The van der Waals surface area contributed by atoms with E-state index in [1.807, 2.05) is 12.1 Å². The Labute approximate surface area is 222 Å². The Morgan fingerprint density at radius 1 is 0.649 bits per heavy atom. The summed E-state index contributed by atoms with van der Waals surface area (Å²) in [7, 11) is 0. The van der Waals surface area contributed by atoms with Crippen molar-refractivity contribution in [1.82, 2.24) is 20.6 Å². The van der Waals surface area contributed by atoms with Gasteiger partial charge in [0.2, 0.25) is 11.1 Å². The molecule has 4 N–H and O–H groups in total. The van der Waals surface area contributed by atoms with Gasteiger partial charge in [0.05, 0.1) is 0 Å². The van der Waals surface area contributed by atoms with E-state index in [2.05, 4.69) is 48.3 Å². The van der Waals surface area contributed by atoms with Gasteiger partial charge in [0.15, 0.2) is 0 Å². The highest BCUT2D eigenvalue weighted by Crippen LogP contribution is 2.40. The lowest BCUT2D eigenvalue weighted by Crippen LogP contribution is -2.35. The summed E-state index contributed by atoms with van der Waals surface area (Å²) < 4.78 is 0. The molecule has 0 bridgehead atoms. The van der Waals surface area contributed by atoms with Crippen LogP contribution < -0.4 is 21.8 Å². The third-order valence-electron chi connectivity index (χ3n) is 8.28. The maximum Gasteiger partial charge on any atom is 0.248 e. The highest BCUT2D eigenvalue weighted by atomic mass is 16.1. The molecular formula is C31H48N4O2. The molecule has 0 saturated heterocycles. The van der Waals surface area contributed by atoms with Gasteiger partial charge in [-0.3, -0.25) is 9.59 Å². The van der Waals surface area contributed by atoms with Crippen LogP contribution >= 0.6 is 0 Å². The summed E-state index contributed by atoms with van der Waals surface area (Å²) >= 11 is 0. The average Bonchev–Trinajstić information content (AvgIpc) is 2.80. The summed E-state index contributed by atoms with van der Waals surface area (Å²) in [6.45, 7) is 11.2. The molecule has 4 rings (SSSR count). The summed E-state index contributed by atoms with van der Waals surface area (Å²) in [5.74, 6) is 0. The zero-order valence-corrected chi connectivity index (χ0v) is 23.5. The number of fused-ring (bicyclic) bond motifs is 2. The van der Waals surface area contributed by atoms with Gasteiger partial charge in [0.1, 0.15) is 0 Å². The van der Waals surface area contributed by atoms with Crippen LogP contribution in [0.15, 0.2) is 33.9 Å². The van der Waals surface area contributed by atoms with Crippen LogP contribution in [0, 0.1) is 10.8 Å². The van der Waals surface area contributed by atoms with E-state index < -0.39 is 0 Å². The molecule has 0 spiro atoms. The molecule has 204 valence electrons. The van der Waals surface area contributed by atoms with Crippen LogP contribution in [0.4, 0.5) is 0 Å². The first-order valence-corrected chi connectivity index (χ1v) is 14.5. The van der Waals surface area contributed by atoms with Crippen LogP contribution in [0.3, 0.4) is 0 Å². The average molecular weight is 509 g/mol. The molecule has 0 radical (unpaired) electrons. The number of pyridine rings is 2. The topological polar surface area (TPSA) is 89.8 Å². The summed E-state index contributed by atoms with van der Waals surface area (Å²) in [5, 5.41) is 7.54. The van der Waals surface area contributed by atoms with Gasteiger partial charge in [-0.1, -0.05) is 71.9 Å². The molecule has 2 aromatic heterocycles. The Bertz CT molecular complexity index is 1060. The van der Waals surface area contributed by atoms with E-state index in [1.165, 1.54) is 56.1 Å². The molecule has 0 fully saturated rings. The highest BCUT2D eigenvalue weighted by Gasteiger charge is 2.33. The Kier molecular flexibility index (Phi) is 9.12. The molecule has 2 aliphatic carbocycles. The zero-order chi connectivity index (χ0) is 26.5. The van der Waals surface area contributed by atoms with Gasteiger partial charge in [-0.2, -0.15) is 0 Å². The van der Waals surface area contributed by atoms with Gasteiger partial charge >= 0.3 is 0 Å². The van der Waals surface area contributed by atoms with Crippen molar-refractivity contribution in [3.8, 4) is 0 Å². The number of rotatable bonds is 12. The molecule has 6 heteroatoms. The normalized spacial score (nSPS) is 21.8. The predicted molar refractivity (Wildman–Crippen MR) is 152 cm³/mol. The van der Waals surface area contributed by atoms with Gasteiger partial charge in [-0.15, -0.1) is 0 Å². The highest BCUT2D eigenvalue weighted by molar-refractivity contribution is 5.29. The molecule has 37 heavy (non-hydrogen) atoms. The van der Waals surface area contributed by atoms with Crippen LogP contribution in [0.1, 0.15) is 120 Å². The molecule has 6 nitrogen and oxygen atoms in total. The quantitative estimate of drug-likeness (QED) is 0.277. The van der Waals surface area contributed by atoms with E-state index in [0.29, 0.717) is 12.1 Å². The van der Waals surface area contributed by atoms with E-state index >= 15 is 0 Å². The minimum absolute atomic E-state index is 0.00631. The van der Waals surface area contributed by atoms with E-state index in [1.54, 1.807) is 12.1 Å².